The first-order valence-electron chi connectivity index (χ1n) is 11.8. The highest BCUT2D eigenvalue weighted by molar-refractivity contribution is 6.13. The van der Waals surface area contributed by atoms with Gasteiger partial charge in [0.2, 0.25) is 11.6 Å². The monoisotopic (exact) mass is 532 g/mol. The van der Waals surface area contributed by atoms with Crippen molar-refractivity contribution >= 4 is 41.0 Å². The van der Waals surface area contributed by atoms with Crippen molar-refractivity contribution in [3.63, 3.8) is 0 Å². The van der Waals surface area contributed by atoms with Gasteiger partial charge in [0.15, 0.2) is 5.82 Å². The lowest BCUT2D eigenvalue weighted by atomic mass is 10.2. The lowest BCUT2D eigenvalue weighted by Gasteiger charge is -2.27. The van der Waals surface area contributed by atoms with Gasteiger partial charge < -0.3 is 10.6 Å². The summed E-state index contributed by atoms with van der Waals surface area (Å²) in [6, 6.07) is 7.87. The van der Waals surface area contributed by atoms with Crippen LogP contribution in [0.3, 0.4) is 0 Å². The van der Waals surface area contributed by atoms with Gasteiger partial charge >= 0.3 is 24.1 Å². The van der Waals surface area contributed by atoms with Crippen LogP contribution in [0.4, 0.5) is 42.3 Å². The molecule has 1 atom stereocenters. The first kappa shape index (κ1) is 25.5. The van der Waals surface area contributed by atoms with Gasteiger partial charge in [-0.3, -0.25) is 15.3 Å². The molecule has 2 aliphatic rings. The number of alkyl halides is 3. The molecule has 0 radical (unpaired) electrons. The van der Waals surface area contributed by atoms with Gasteiger partial charge in [-0.15, -0.1) is 4.98 Å². The Morgan fingerprint density at radius 1 is 1.18 bits per heavy atom. The van der Waals surface area contributed by atoms with Gasteiger partial charge in [0.1, 0.15) is 11.5 Å². The molecule has 0 saturated carbocycles. The fourth-order valence-electron chi connectivity index (χ4n) is 4.15. The number of anilines is 2. The van der Waals surface area contributed by atoms with E-state index in [4.69, 9.17) is 4.84 Å². The molecule has 4 heterocycles. The van der Waals surface area contributed by atoms with Crippen molar-refractivity contribution in [2.24, 2.45) is 4.99 Å². The number of nitrogens with one attached hydrogen (secondary N) is 4. The second-order valence-electron chi connectivity index (χ2n) is 8.53. The minimum Gasteiger partial charge on any atom is -0.353 e. The van der Waals surface area contributed by atoms with Crippen LogP contribution in [-0.4, -0.2) is 87.4 Å². The number of nitrogens with zero attached hydrogens (tertiary/aromatic N) is 7. The number of quaternary nitrogens is 1. The number of piperazine rings is 1. The zero-order valence-corrected chi connectivity index (χ0v) is 20.3. The van der Waals surface area contributed by atoms with Crippen LogP contribution in [0.5, 0.6) is 0 Å². The van der Waals surface area contributed by atoms with Gasteiger partial charge in [-0.25, -0.2) is 9.63 Å². The van der Waals surface area contributed by atoms with E-state index in [9.17, 15) is 18.0 Å². The molecule has 200 valence electrons. The SMILES string of the molecule is Cc1nc(NCCN2CCNCC2)nc([N+]2(OC(=O)C(F)(F)F)C(=Nc3ccn[nH]3)Nc3ccccc32)n1. The molecule has 2 aliphatic heterocycles. The fourth-order valence-corrected chi connectivity index (χ4v) is 4.15. The lowest BCUT2D eigenvalue weighted by Crippen LogP contribution is -2.53. The van der Waals surface area contributed by atoms with Crippen molar-refractivity contribution in [2.75, 3.05) is 49.9 Å². The number of para-hydroxylation sites is 2. The standard InChI is InChI=1S/C22H25F3N11O2/c1-14-29-19(27-10-13-35-11-8-26-9-12-35)33-20(30-14)36(38-18(37)22(23,24)25)16-5-3-2-4-15(16)31-21(36)32-17-6-7-28-34-17/h2-7,26H,8-13H2,1H3,(H,27,29,30,33)(H2,28,31,32,34)/q+1. The van der Waals surface area contributed by atoms with E-state index in [2.05, 4.69) is 51.0 Å². The highest BCUT2D eigenvalue weighted by Crippen LogP contribution is 2.45. The van der Waals surface area contributed by atoms with Gasteiger partial charge in [-0.2, -0.15) is 33.2 Å². The van der Waals surface area contributed by atoms with E-state index in [1.165, 1.54) is 18.3 Å². The summed E-state index contributed by atoms with van der Waals surface area (Å²) < 4.78 is 39.3. The number of hydrogen-bond acceptors (Lipinski definition) is 10. The van der Waals surface area contributed by atoms with Gasteiger partial charge in [-0.05, 0) is 13.0 Å². The Labute approximate surface area is 214 Å². The van der Waals surface area contributed by atoms with Crippen molar-refractivity contribution < 1.29 is 22.8 Å². The molecule has 1 saturated heterocycles. The number of rotatable bonds is 7. The number of carbonyl (C=O) groups is 1. The number of hydroxylamine groups is 1. The molecule has 13 nitrogen and oxygen atoms in total. The van der Waals surface area contributed by atoms with Crippen LogP contribution >= 0.6 is 0 Å². The minimum absolute atomic E-state index is 0.119. The van der Waals surface area contributed by atoms with Crippen LogP contribution in [0.1, 0.15) is 5.82 Å². The average Bonchev–Trinajstić information content (AvgIpc) is 3.51. The molecule has 5 rings (SSSR count). The van der Waals surface area contributed by atoms with Crippen molar-refractivity contribution in [1.29, 1.82) is 0 Å². The van der Waals surface area contributed by atoms with Crippen LogP contribution in [0.2, 0.25) is 0 Å². The largest absolute Gasteiger partial charge is 0.497 e. The fraction of sp³-hybridized carbons (Fsp3) is 0.364. The Kier molecular flexibility index (Phi) is 6.92. The summed E-state index contributed by atoms with van der Waals surface area (Å²) in [5, 5.41) is 15.8. The smallest absolute Gasteiger partial charge is 0.353 e. The molecule has 1 unspecified atom stereocenters. The topological polar surface area (TPSA) is 145 Å². The summed E-state index contributed by atoms with van der Waals surface area (Å²) in [5.41, 5.74) is 0.479. The Morgan fingerprint density at radius 2 is 1.97 bits per heavy atom. The number of benzene rings is 1. The normalized spacial score (nSPS) is 20.7. The molecule has 1 fully saturated rings. The molecule has 0 amide bonds. The number of carbonyl (C=O) groups excluding carboxylic acids is 1. The maximum absolute atomic E-state index is 13.5. The van der Waals surface area contributed by atoms with Crippen molar-refractivity contribution in [3.05, 3.63) is 42.4 Å². The van der Waals surface area contributed by atoms with E-state index in [-0.39, 0.29) is 35.2 Å². The third-order valence-electron chi connectivity index (χ3n) is 5.89. The molecule has 0 bridgehead atoms. The first-order chi connectivity index (χ1) is 18.3. The van der Waals surface area contributed by atoms with Crippen molar-refractivity contribution in [3.8, 4) is 0 Å². The zero-order valence-electron chi connectivity index (χ0n) is 20.3. The number of aryl methyl sites for hydroxylation is 1. The second kappa shape index (κ2) is 10.3. The summed E-state index contributed by atoms with van der Waals surface area (Å²) >= 11 is 0. The Hall–Kier alpha value is -4.15. The summed E-state index contributed by atoms with van der Waals surface area (Å²) in [5.74, 6) is -2.43. The van der Waals surface area contributed by atoms with E-state index in [0.29, 0.717) is 18.8 Å². The number of fused-ring (bicyclic) bond motifs is 1. The predicted molar refractivity (Wildman–Crippen MR) is 132 cm³/mol. The van der Waals surface area contributed by atoms with E-state index >= 15 is 0 Å². The number of aromatic nitrogens is 5. The summed E-state index contributed by atoms with van der Waals surface area (Å²) in [6.45, 7) is 6.33. The van der Waals surface area contributed by atoms with Crippen LogP contribution in [-0.2, 0) is 9.63 Å². The molecule has 1 aromatic carbocycles. The van der Waals surface area contributed by atoms with E-state index in [1.807, 2.05) is 0 Å². The zero-order chi connectivity index (χ0) is 26.8. The van der Waals surface area contributed by atoms with Gasteiger partial charge in [0, 0.05) is 56.0 Å². The lowest BCUT2D eigenvalue weighted by molar-refractivity contribution is -0.217. The molecule has 2 aromatic heterocycles. The molecule has 4 N–H and O–H groups in total. The Bertz CT molecular complexity index is 1330. The third kappa shape index (κ3) is 5.13. The minimum atomic E-state index is -5.30. The van der Waals surface area contributed by atoms with E-state index < -0.39 is 16.8 Å². The third-order valence-corrected chi connectivity index (χ3v) is 5.89. The van der Waals surface area contributed by atoms with Crippen LogP contribution in [0.25, 0.3) is 0 Å². The number of halogens is 3. The number of guanidine groups is 1. The van der Waals surface area contributed by atoms with E-state index in [0.717, 1.165) is 26.2 Å². The van der Waals surface area contributed by atoms with Crippen molar-refractivity contribution in [2.45, 2.75) is 13.1 Å². The number of aromatic amines is 1. The van der Waals surface area contributed by atoms with Gasteiger partial charge in [0.05, 0.1) is 6.20 Å². The Morgan fingerprint density at radius 3 is 2.71 bits per heavy atom. The van der Waals surface area contributed by atoms with Gasteiger partial charge in [-0.1, -0.05) is 12.1 Å². The molecule has 16 heteroatoms. The quantitative estimate of drug-likeness (QED) is 0.333. The number of hydrogen-bond donors (Lipinski definition) is 4. The van der Waals surface area contributed by atoms with Crippen LogP contribution < -0.4 is 20.6 Å². The highest BCUT2D eigenvalue weighted by Gasteiger charge is 2.59. The van der Waals surface area contributed by atoms with Gasteiger partial charge in [0.25, 0.3) is 0 Å². The van der Waals surface area contributed by atoms with Crippen molar-refractivity contribution in [1.82, 2.24) is 40.0 Å². The molecule has 0 spiro atoms. The molecular formula is C22H25F3N11O2+. The maximum atomic E-state index is 13.5. The van der Waals surface area contributed by atoms with Crippen LogP contribution in [0.15, 0.2) is 41.5 Å². The average molecular weight is 533 g/mol. The molecule has 0 aliphatic carbocycles. The summed E-state index contributed by atoms with van der Waals surface area (Å²) in [7, 11) is 0. The second-order valence-corrected chi connectivity index (χ2v) is 8.53. The Balaban J connectivity index is 1.58. The van der Waals surface area contributed by atoms with E-state index in [1.54, 1.807) is 25.1 Å². The summed E-state index contributed by atoms with van der Waals surface area (Å²) in [6.07, 6.45) is -3.88. The number of H-pyrrole nitrogens is 1. The molecule has 38 heavy (non-hydrogen) atoms. The molecular weight excluding hydrogens is 507 g/mol. The number of aliphatic imine (C=N–C) groups is 1. The predicted octanol–water partition coefficient (Wildman–Crippen LogP) is 1.99. The van der Waals surface area contributed by atoms with Crippen LogP contribution in [0, 0.1) is 6.92 Å². The molecule has 3 aromatic rings. The highest BCUT2D eigenvalue weighted by atomic mass is 19.4. The first-order valence-corrected chi connectivity index (χ1v) is 11.8. The summed E-state index contributed by atoms with van der Waals surface area (Å²) in [4.78, 5) is 37.1. The maximum Gasteiger partial charge on any atom is 0.497 e.